The fraction of sp³-hybridized carbons (Fsp3) is 0.174. The third kappa shape index (κ3) is 4.42. The summed E-state index contributed by atoms with van der Waals surface area (Å²) >= 11 is 13.2. The van der Waals surface area contributed by atoms with Crippen LogP contribution in [-0.4, -0.2) is 22.1 Å². The summed E-state index contributed by atoms with van der Waals surface area (Å²) in [4.78, 5) is 42.1. The molecule has 1 aliphatic rings. The number of allylic oxidation sites excluding steroid dienone is 1. The zero-order chi connectivity index (χ0) is 24.6. The number of ether oxygens (including phenoxy) is 1. The minimum atomic E-state index is -0.939. The van der Waals surface area contributed by atoms with Crippen LogP contribution in [0.15, 0.2) is 63.5 Å². The first kappa shape index (κ1) is 23.9. The number of carbonyl (C=O) groups excluding carboxylic acids is 1. The monoisotopic (exact) mass is 517 g/mol. The summed E-state index contributed by atoms with van der Waals surface area (Å²) in [5.41, 5.74) is 1.02. The number of fused-ring (bicyclic) bond motifs is 1. The van der Waals surface area contributed by atoms with Crippen LogP contribution in [-0.2, 0) is 9.53 Å². The molecule has 0 radical (unpaired) electrons. The van der Waals surface area contributed by atoms with Crippen molar-refractivity contribution in [1.82, 2.24) is 4.57 Å². The van der Waals surface area contributed by atoms with Gasteiger partial charge in [0, 0.05) is 12.1 Å². The second kappa shape index (κ2) is 9.54. The van der Waals surface area contributed by atoms with Crippen LogP contribution in [0.4, 0.5) is 5.69 Å². The molecule has 0 spiro atoms. The first-order chi connectivity index (χ1) is 16.2. The predicted molar refractivity (Wildman–Crippen MR) is 130 cm³/mol. The van der Waals surface area contributed by atoms with Gasteiger partial charge in [-0.05, 0) is 43.2 Å². The summed E-state index contributed by atoms with van der Waals surface area (Å²) in [5, 5.41) is 12.1. The Hall–Kier alpha value is -3.27. The molecular weight excluding hydrogens is 501 g/mol. The second-order valence-corrected chi connectivity index (χ2v) is 9.15. The number of nitrogens with zero attached hydrogens (tertiary/aromatic N) is 3. The molecule has 0 saturated heterocycles. The van der Waals surface area contributed by atoms with Crippen molar-refractivity contribution in [3.63, 3.8) is 0 Å². The van der Waals surface area contributed by atoms with Crippen molar-refractivity contribution < 1.29 is 14.5 Å². The number of non-ortho nitro benzene ring substituents is 1. The average Bonchev–Trinajstić information content (AvgIpc) is 3.10. The van der Waals surface area contributed by atoms with E-state index in [4.69, 9.17) is 27.9 Å². The fourth-order valence-electron chi connectivity index (χ4n) is 3.67. The molecule has 1 atom stereocenters. The Morgan fingerprint density at radius 2 is 2.03 bits per heavy atom. The molecule has 0 N–H and O–H groups in total. The molecule has 0 aliphatic carbocycles. The standard InChI is InChI=1S/C23H17Cl2N3O5S/c1-3-33-22(30)19-12(2)26-23-27(20(19)14-5-4-6-15(11-14)28(31)32)21(29)18(34-23)10-13-7-8-16(24)17(25)9-13/h4-11,20H,3H2,1-2H3/b18-10+. The van der Waals surface area contributed by atoms with Crippen LogP contribution in [0, 0.1) is 10.1 Å². The Kier molecular flexibility index (Phi) is 6.70. The van der Waals surface area contributed by atoms with Crippen LogP contribution in [0.5, 0.6) is 0 Å². The Morgan fingerprint density at radius 1 is 1.26 bits per heavy atom. The molecule has 0 fully saturated rings. The van der Waals surface area contributed by atoms with Crippen molar-refractivity contribution in [1.29, 1.82) is 0 Å². The van der Waals surface area contributed by atoms with E-state index < -0.39 is 22.5 Å². The van der Waals surface area contributed by atoms with Gasteiger partial charge in [0.15, 0.2) is 4.80 Å². The van der Waals surface area contributed by atoms with Crippen molar-refractivity contribution in [2.45, 2.75) is 19.9 Å². The lowest BCUT2D eigenvalue weighted by atomic mass is 9.95. The largest absolute Gasteiger partial charge is 0.463 e. The number of thiazole rings is 1. The van der Waals surface area contributed by atoms with Gasteiger partial charge in [0.25, 0.3) is 11.2 Å². The highest BCUT2D eigenvalue weighted by molar-refractivity contribution is 7.07. The maximum absolute atomic E-state index is 13.5. The number of halogens is 2. The van der Waals surface area contributed by atoms with E-state index in [1.807, 2.05) is 0 Å². The first-order valence-corrected chi connectivity index (χ1v) is 11.7. The van der Waals surface area contributed by atoms with Gasteiger partial charge >= 0.3 is 5.97 Å². The second-order valence-electron chi connectivity index (χ2n) is 7.33. The number of nitro benzene ring substituents is 1. The third-order valence-corrected chi connectivity index (χ3v) is 6.88. The van der Waals surface area contributed by atoms with Gasteiger partial charge in [-0.15, -0.1) is 0 Å². The molecule has 1 aliphatic heterocycles. The summed E-state index contributed by atoms with van der Waals surface area (Å²) in [5.74, 6) is -0.640. The maximum Gasteiger partial charge on any atom is 0.338 e. The summed E-state index contributed by atoms with van der Waals surface area (Å²) in [6.07, 6.45) is 1.65. The van der Waals surface area contributed by atoms with Crippen LogP contribution in [0.2, 0.25) is 10.0 Å². The number of nitro groups is 1. The van der Waals surface area contributed by atoms with Crippen LogP contribution in [0.1, 0.15) is 31.0 Å². The summed E-state index contributed by atoms with van der Waals surface area (Å²) in [7, 11) is 0. The normalized spacial score (nSPS) is 15.6. The van der Waals surface area contributed by atoms with Crippen LogP contribution in [0.25, 0.3) is 6.08 Å². The van der Waals surface area contributed by atoms with Crippen LogP contribution < -0.4 is 14.9 Å². The van der Waals surface area contributed by atoms with Gasteiger partial charge in [0.1, 0.15) is 0 Å². The lowest BCUT2D eigenvalue weighted by molar-refractivity contribution is -0.384. The maximum atomic E-state index is 13.5. The minimum Gasteiger partial charge on any atom is -0.463 e. The highest BCUT2D eigenvalue weighted by atomic mass is 35.5. The summed E-state index contributed by atoms with van der Waals surface area (Å²) in [6.45, 7) is 3.44. The molecular formula is C23H17Cl2N3O5S. The van der Waals surface area contributed by atoms with E-state index in [2.05, 4.69) is 4.99 Å². The molecule has 1 aromatic heterocycles. The summed E-state index contributed by atoms with van der Waals surface area (Å²) in [6, 6.07) is 9.88. The van der Waals surface area contributed by atoms with Gasteiger partial charge in [0.2, 0.25) is 0 Å². The van der Waals surface area contributed by atoms with Gasteiger partial charge < -0.3 is 4.74 Å². The van der Waals surface area contributed by atoms with E-state index in [-0.39, 0.29) is 17.9 Å². The topological polar surface area (TPSA) is 104 Å². The molecule has 174 valence electrons. The average molecular weight is 518 g/mol. The molecule has 0 bridgehead atoms. The quantitative estimate of drug-likeness (QED) is 0.289. The van der Waals surface area contributed by atoms with Gasteiger partial charge in [0.05, 0.1) is 43.4 Å². The van der Waals surface area contributed by atoms with Gasteiger partial charge in [-0.3, -0.25) is 19.5 Å². The van der Waals surface area contributed by atoms with E-state index in [0.29, 0.717) is 36.2 Å². The molecule has 2 heterocycles. The summed E-state index contributed by atoms with van der Waals surface area (Å²) < 4.78 is 6.95. The molecule has 4 rings (SSSR count). The van der Waals surface area contributed by atoms with Crippen molar-refractivity contribution in [3.8, 4) is 0 Å². The Bertz CT molecular complexity index is 1540. The van der Waals surface area contributed by atoms with Crippen LogP contribution >= 0.6 is 34.5 Å². The highest BCUT2D eigenvalue weighted by Crippen LogP contribution is 2.32. The fourth-order valence-corrected chi connectivity index (χ4v) is 5.02. The van der Waals surface area contributed by atoms with E-state index in [0.717, 1.165) is 11.3 Å². The van der Waals surface area contributed by atoms with E-state index in [1.165, 1.54) is 22.8 Å². The zero-order valence-electron chi connectivity index (χ0n) is 18.0. The number of benzene rings is 2. The lowest BCUT2D eigenvalue weighted by Crippen LogP contribution is -2.40. The van der Waals surface area contributed by atoms with Crippen LogP contribution in [0.3, 0.4) is 0 Å². The number of hydrogen-bond acceptors (Lipinski definition) is 7. The number of aromatic nitrogens is 1. The minimum absolute atomic E-state index is 0.124. The number of carbonyl (C=O) groups is 1. The van der Waals surface area contributed by atoms with Gasteiger partial charge in [-0.1, -0.05) is 52.7 Å². The SMILES string of the molecule is CCOC(=O)C1=C(C)N=c2s/c(=C/c3ccc(Cl)c(Cl)c3)c(=O)n2C1c1cccc([N+](=O)[O-])c1. The Balaban J connectivity index is 1.97. The molecule has 8 nitrogen and oxygen atoms in total. The molecule has 3 aromatic rings. The molecule has 1 unspecified atom stereocenters. The number of rotatable bonds is 5. The van der Waals surface area contributed by atoms with Gasteiger partial charge in [-0.2, -0.15) is 0 Å². The van der Waals surface area contributed by atoms with Crippen molar-refractivity contribution in [3.05, 3.63) is 105 Å². The Labute approximate surface area is 207 Å². The number of hydrogen-bond donors (Lipinski definition) is 0. The molecule has 34 heavy (non-hydrogen) atoms. The lowest BCUT2D eigenvalue weighted by Gasteiger charge is -2.24. The highest BCUT2D eigenvalue weighted by Gasteiger charge is 2.34. The van der Waals surface area contributed by atoms with E-state index in [1.54, 1.807) is 44.2 Å². The van der Waals surface area contributed by atoms with Crippen molar-refractivity contribution >= 4 is 52.3 Å². The number of esters is 1. The van der Waals surface area contributed by atoms with Crippen molar-refractivity contribution in [2.75, 3.05) is 6.61 Å². The van der Waals surface area contributed by atoms with E-state index in [9.17, 15) is 19.7 Å². The smallest absolute Gasteiger partial charge is 0.338 e. The Morgan fingerprint density at radius 3 is 2.71 bits per heavy atom. The zero-order valence-corrected chi connectivity index (χ0v) is 20.3. The van der Waals surface area contributed by atoms with Crippen molar-refractivity contribution in [2.24, 2.45) is 4.99 Å². The molecule has 0 amide bonds. The van der Waals surface area contributed by atoms with E-state index >= 15 is 0 Å². The molecule has 2 aromatic carbocycles. The first-order valence-electron chi connectivity index (χ1n) is 10.1. The predicted octanol–water partition coefficient (Wildman–Crippen LogP) is 4.01. The third-order valence-electron chi connectivity index (χ3n) is 5.16. The van der Waals surface area contributed by atoms with Gasteiger partial charge in [-0.25, -0.2) is 9.79 Å². The molecule has 11 heteroatoms. The molecule has 0 saturated carbocycles.